The molecule has 45 heteroatoms. The smallest absolute Gasteiger partial charge is 0.364 e. The minimum absolute atomic E-state index is 0.872. The number of carboxylic acids is 1. The van der Waals surface area contributed by atoms with Crippen LogP contribution in [0.5, 0.6) is 0 Å². The molecular formula is C57H97N3O42. The highest BCUT2D eigenvalue weighted by molar-refractivity contribution is 5.77. The Bertz CT molecular complexity index is 2650. The number of aliphatic hydroxyl groups is 23. The number of amides is 3. The lowest BCUT2D eigenvalue weighted by molar-refractivity contribution is -0.408. The number of carbonyl (C=O) groups is 4. The van der Waals surface area contributed by atoms with E-state index in [9.17, 15) is 142 Å². The van der Waals surface area contributed by atoms with Gasteiger partial charge in [0.2, 0.25) is 17.7 Å². The molecule has 7 rings (SSSR count). The third-order valence-electron chi connectivity index (χ3n) is 18.4. The lowest BCUT2D eigenvalue weighted by Crippen LogP contribution is -2.71. The van der Waals surface area contributed by atoms with E-state index < -0.39 is 321 Å². The topological polar surface area (TPSA) is 719 Å². The number of hydrogen-bond donors (Lipinski definition) is 27. The number of rotatable bonds is 30. The fourth-order valence-corrected chi connectivity index (χ4v) is 12.8. The Hall–Kier alpha value is -3.60. The molecule has 45 nitrogen and oxygen atoms in total. The summed E-state index contributed by atoms with van der Waals surface area (Å²) in [6.07, 6.45) is -77.3. The number of ether oxygens (including phenoxy) is 14. The summed E-state index contributed by atoms with van der Waals surface area (Å²) >= 11 is 0. The van der Waals surface area contributed by atoms with E-state index in [0.29, 0.717) is 0 Å². The summed E-state index contributed by atoms with van der Waals surface area (Å²) in [5.74, 6) is -8.30. The molecule has 0 unspecified atom stereocenters. The summed E-state index contributed by atoms with van der Waals surface area (Å²) in [4.78, 5) is 51.5. The number of hydrogen-bond acceptors (Lipinski definition) is 41. The van der Waals surface area contributed by atoms with Crippen LogP contribution in [0.1, 0.15) is 41.0 Å². The highest BCUT2D eigenvalue weighted by atomic mass is 16.8. The number of aliphatic hydroxyl groups excluding tert-OH is 23. The van der Waals surface area contributed by atoms with Gasteiger partial charge in [0.1, 0.15) is 171 Å². The third-order valence-corrected chi connectivity index (χ3v) is 18.4. The molecule has 0 spiro atoms. The highest BCUT2D eigenvalue weighted by Gasteiger charge is 2.62. The Labute approximate surface area is 578 Å². The van der Waals surface area contributed by atoms with Crippen molar-refractivity contribution in [3.8, 4) is 0 Å². The first-order valence-electron chi connectivity index (χ1n) is 32.4. The maximum absolute atomic E-state index is 13.4. The van der Waals surface area contributed by atoms with Crippen LogP contribution in [0.4, 0.5) is 0 Å². The van der Waals surface area contributed by atoms with Crippen LogP contribution in [0, 0.1) is 0 Å². The van der Waals surface area contributed by atoms with E-state index >= 15 is 0 Å². The van der Waals surface area contributed by atoms with Crippen molar-refractivity contribution in [1.29, 1.82) is 0 Å². The minimum atomic E-state index is -3.30. The fraction of sp³-hybridized carbons (Fsp3) is 0.930. The first-order chi connectivity index (χ1) is 47.9. The molecule has 7 saturated heterocycles. The van der Waals surface area contributed by atoms with Crippen molar-refractivity contribution < 1.29 is 208 Å². The lowest BCUT2D eigenvalue weighted by Gasteiger charge is -2.52. The summed E-state index contributed by atoms with van der Waals surface area (Å²) in [5, 5.41) is 270. The zero-order valence-corrected chi connectivity index (χ0v) is 55.3. The number of carbonyl (C=O) groups excluding carboxylic acids is 3. The fourth-order valence-electron chi connectivity index (χ4n) is 12.8. The number of nitrogens with one attached hydrogen (secondary N) is 3. The van der Waals surface area contributed by atoms with Crippen molar-refractivity contribution in [3.05, 3.63) is 0 Å². The molecule has 0 radical (unpaired) electrons. The van der Waals surface area contributed by atoms with E-state index in [-0.39, 0.29) is 0 Å². The quantitative estimate of drug-likeness (QED) is 0.0318. The van der Waals surface area contributed by atoms with Gasteiger partial charge >= 0.3 is 5.97 Å². The van der Waals surface area contributed by atoms with Gasteiger partial charge in [-0.25, -0.2) is 4.79 Å². The summed E-state index contributed by atoms with van der Waals surface area (Å²) in [5.41, 5.74) is 0. The molecule has 0 bridgehead atoms. The van der Waals surface area contributed by atoms with Crippen LogP contribution in [0.3, 0.4) is 0 Å². The predicted molar refractivity (Wildman–Crippen MR) is 316 cm³/mol. The van der Waals surface area contributed by atoms with Gasteiger partial charge in [0.05, 0.1) is 76.6 Å². The second-order valence-electron chi connectivity index (χ2n) is 25.8. The van der Waals surface area contributed by atoms with E-state index in [2.05, 4.69) is 16.0 Å². The number of aliphatic carboxylic acids is 1. The zero-order chi connectivity index (χ0) is 76.0. The molecule has 7 fully saturated rings. The molecule has 592 valence electrons. The maximum Gasteiger partial charge on any atom is 0.364 e. The van der Waals surface area contributed by atoms with E-state index in [1.807, 2.05) is 0 Å². The average Bonchev–Trinajstić information content (AvgIpc) is 0.742. The van der Waals surface area contributed by atoms with Crippen LogP contribution >= 0.6 is 0 Å². The van der Waals surface area contributed by atoms with Gasteiger partial charge < -0.3 is 205 Å². The second kappa shape index (κ2) is 37.0. The molecule has 0 aliphatic carbocycles. The molecule has 3 amide bonds. The minimum Gasteiger partial charge on any atom is -0.477 e. The van der Waals surface area contributed by atoms with Crippen LogP contribution in [0.25, 0.3) is 0 Å². The van der Waals surface area contributed by atoms with Crippen molar-refractivity contribution in [1.82, 2.24) is 16.0 Å². The van der Waals surface area contributed by atoms with Crippen LogP contribution in [-0.4, -0.2) is 437 Å². The Balaban J connectivity index is 1.24. The van der Waals surface area contributed by atoms with E-state index in [4.69, 9.17) is 66.3 Å². The molecule has 0 aromatic heterocycles. The van der Waals surface area contributed by atoms with E-state index in [1.165, 1.54) is 13.8 Å². The molecular weight excluding hydrogens is 1400 g/mol. The standard InChI is InChI=1S/C57H97N3O42/c1-14-29(73)36(80)39(83)51(90-14)98-46-28(60-18(5)69)50(95-26(12-66)44(46)97-55-49(100-52-40(84)37(81)30(74)15(2)91-52)48(35(79)25(11-65)94-55)99-53-41(85)38(82)33(77)23(9-63)92-53)89-13-22(72)32(76)43(19(7-61)58-16(3)67)96-54-42(86)47(34(78)24(10-64)93-54)102-57(56(87)88)6-20(70)27(59-17(4)68)45(101-57)31(75)21(71)8-62/h14-15,19-55,61-66,70-86H,6-13H2,1-5H3,(H,58,67)(H,59,68)(H,60,69)(H,87,88)/t14-,15-,19-,20-,21+,22+,23+,24+,25+,26+,27+,28+,29+,30+,31+,32-,33-,34-,35-,36+,37+,38-,39-,40-,41+,42+,43+,44+,45+,46+,47-,48-,49+,50+,51-,52-,53+,54-,55-,57-/m0/s1. The molecule has 0 saturated carbocycles. The third kappa shape index (κ3) is 19.1. The Morgan fingerprint density at radius 1 is 0.461 bits per heavy atom. The van der Waals surface area contributed by atoms with Crippen molar-refractivity contribution in [2.45, 2.75) is 286 Å². The largest absolute Gasteiger partial charge is 0.477 e. The number of carboxylic acid groups (broad SMARTS) is 1. The molecule has 0 aromatic rings. The van der Waals surface area contributed by atoms with Crippen LogP contribution in [0.2, 0.25) is 0 Å². The van der Waals surface area contributed by atoms with Gasteiger partial charge in [-0.3, -0.25) is 14.4 Å². The highest BCUT2D eigenvalue weighted by Crippen LogP contribution is 2.41. The molecule has 0 aromatic carbocycles. The van der Waals surface area contributed by atoms with Crippen molar-refractivity contribution in [2.24, 2.45) is 0 Å². The Morgan fingerprint density at radius 2 is 0.912 bits per heavy atom. The summed E-state index contributed by atoms with van der Waals surface area (Å²) < 4.78 is 82.9. The van der Waals surface area contributed by atoms with Crippen LogP contribution in [0.15, 0.2) is 0 Å². The van der Waals surface area contributed by atoms with Crippen LogP contribution in [-0.2, 0) is 85.5 Å². The van der Waals surface area contributed by atoms with Gasteiger partial charge in [-0.15, -0.1) is 0 Å². The van der Waals surface area contributed by atoms with E-state index in [0.717, 1.165) is 20.8 Å². The maximum atomic E-state index is 13.4. The van der Waals surface area contributed by atoms with Gasteiger partial charge in [0.25, 0.3) is 5.79 Å². The van der Waals surface area contributed by atoms with Gasteiger partial charge in [-0.05, 0) is 13.8 Å². The molecule has 40 atom stereocenters. The SMILES string of the molecule is CC(=O)N[C@H]1[C@H](OC[C@@H](O)[C@H](O)[C@H](O[C@@H]2O[C@H](CO)[C@H](O)[C@H](O[C@]3(C(=O)O)C[C@H](O)[C@@H](NC(C)=O)[C@H]([C@H](O)[C@H](O)CO)O3)[C@H]2O)[C@H](CO)NC(C)=O)O[C@H](CO)[C@@H](O[C@@H]2O[C@H](CO)[C@H](O)[C@H](O[C@H]3O[C@H](CO)[C@H](O)[C@H](O)[C@H]3O)[C@H]2O[C@@H]2O[C@@H](C)[C@@H](O)[C@@H](O)[C@@H]2O)[C@@H]1O[C@@H]1O[C@@H](C)[C@@H](O)[C@@H](O)[C@@H]1O. The van der Waals surface area contributed by atoms with Gasteiger partial charge in [-0.1, -0.05) is 0 Å². The average molecular weight is 1500 g/mol. The molecule has 27 N–H and O–H groups in total. The first-order valence-corrected chi connectivity index (χ1v) is 32.4. The summed E-state index contributed by atoms with van der Waals surface area (Å²) in [6.45, 7) is -3.11. The van der Waals surface area contributed by atoms with Crippen molar-refractivity contribution in [2.75, 3.05) is 46.2 Å². The molecule has 7 aliphatic heterocycles. The first kappa shape index (κ1) is 85.6. The van der Waals surface area contributed by atoms with Crippen molar-refractivity contribution >= 4 is 23.7 Å². The second-order valence-corrected chi connectivity index (χ2v) is 25.8. The monoisotopic (exact) mass is 1500 g/mol. The Morgan fingerprint density at radius 3 is 1.41 bits per heavy atom. The summed E-state index contributed by atoms with van der Waals surface area (Å²) in [6, 6.07) is -5.64. The lowest BCUT2D eigenvalue weighted by atomic mass is 9.88. The predicted octanol–water partition coefficient (Wildman–Crippen LogP) is -17.1. The van der Waals surface area contributed by atoms with Gasteiger partial charge in [0, 0.05) is 27.2 Å². The zero-order valence-electron chi connectivity index (χ0n) is 55.3. The molecule has 7 heterocycles. The molecule has 102 heavy (non-hydrogen) atoms. The normalized spacial score (nSPS) is 45.4. The van der Waals surface area contributed by atoms with Gasteiger partial charge in [0.15, 0.2) is 37.7 Å². The van der Waals surface area contributed by atoms with Crippen molar-refractivity contribution in [3.63, 3.8) is 0 Å². The van der Waals surface area contributed by atoms with E-state index in [1.54, 1.807) is 0 Å². The summed E-state index contributed by atoms with van der Waals surface area (Å²) in [7, 11) is 0. The molecule has 7 aliphatic rings. The van der Waals surface area contributed by atoms with Crippen LogP contribution < -0.4 is 16.0 Å². The Kier molecular flexibility index (Phi) is 31.1. The van der Waals surface area contributed by atoms with Gasteiger partial charge in [-0.2, -0.15) is 0 Å².